The summed E-state index contributed by atoms with van der Waals surface area (Å²) >= 11 is 0. The summed E-state index contributed by atoms with van der Waals surface area (Å²) in [6.07, 6.45) is -0.618. The van der Waals surface area contributed by atoms with Crippen molar-refractivity contribution in [1.29, 1.82) is 0 Å². The highest BCUT2D eigenvalue weighted by Crippen LogP contribution is 2.08. The van der Waals surface area contributed by atoms with Gasteiger partial charge in [0.25, 0.3) is 0 Å². The molecule has 3 heteroatoms. The number of aliphatic hydroxyl groups is 1. The minimum absolute atomic E-state index is 0.606. The Labute approximate surface area is 83.9 Å². The standard InChI is InChI=1S/C11H15NO2/c13-11-9-12(6-7-14-11)8-10-4-2-1-3-5-10/h1-5,11,13H,6-9H2. The number of nitrogens with zero attached hydrogens (tertiary/aromatic N) is 1. The fraction of sp³-hybridized carbons (Fsp3) is 0.455. The van der Waals surface area contributed by atoms with Gasteiger partial charge in [-0.1, -0.05) is 30.3 Å². The normalized spacial score (nSPS) is 23.6. The summed E-state index contributed by atoms with van der Waals surface area (Å²) < 4.78 is 5.06. The molecule has 0 spiro atoms. The van der Waals surface area contributed by atoms with Gasteiger partial charge in [-0.15, -0.1) is 0 Å². The maximum absolute atomic E-state index is 9.29. The number of morpholine rings is 1. The number of hydrogen-bond donors (Lipinski definition) is 1. The van der Waals surface area contributed by atoms with Crippen LogP contribution in [0.4, 0.5) is 0 Å². The van der Waals surface area contributed by atoms with Crippen LogP contribution in [0.3, 0.4) is 0 Å². The Morgan fingerprint density at radius 1 is 1.36 bits per heavy atom. The van der Waals surface area contributed by atoms with Crippen LogP contribution < -0.4 is 0 Å². The van der Waals surface area contributed by atoms with E-state index in [9.17, 15) is 5.11 Å². The summed E-state index contributed by atoms with van der Waals surface area (Å²) in [5, 5.41) is 9.29. The van der Waals surface area contributed by atoms with Crippen molar-refractivity contribution in [1.82, 2.24) is 4.90 Å². The minimum atomic E-state index is -0.618. The second kappa shape index (κ2) is 4.55. The number of β-amino-alcohol motifs (C(OH)–C–C–N with tert-alkyl or cyclic N) is 1. The van der Waals surface area contributed by atoms with Crippen molar-refractivity contribution in [3.63, 3.8) is 0 Å². The summed E-state index contributed by atoms with van der Waals surface area (Å²) in [6.45, 7) is 3.01. The second-order valence-electron chi connectivity index (χ2n) is 3.55. The highest BCUT2D eigenvalue weighted by atomic mass is 16.6. The Hall–Kier alpha value is -0.900. The zero-order valence-electron chi connectivity index (χ0n) is 8.10. The maximum atomic E-state index is 9.29. The first-order valence-corrected chi connectivity index (χ1v) is 4.90. The average molecular weight is 193 g/mol. The molecule has 14 heavy (non-hydrogen) atoms. The van der Waals surface area contributed by atoms with Gasteiger partial charge in [0.2, 0.25) is 0 Å². The fourth-order valence-electron chi connectivity index (χ4n) is 1.67. The molecule has 1 atom stereocenters. The van der Waals surface area contributed by atoms with Gasteiger partial charge in [-0.2, -0.15) is 0 Å². The van der Waals surface area contributed by atoms with Crippen LogP contribution in [0, 0.1) is 0 Å². The molecule has 1 N–H and O–H groups in total. The Kier molecular flexibility index (Phi) is 3.14. The Bertz CT molecular complexity index is 276. The minimum Gasteiger partial charge on any atom is -0.367 e. The van der Waals surface area contributed by atoms with E-state index in [0.29, 0.717) is 13.2 Å². The largest absolute Gasteiger partial charge is 0.367 e. The number of rotatable bonds is 2. The van der Waals surface area contributed by atoms with Crippen LogP contribution in [0.15, 0.2) is 30.3 Å². The van der Waals surface area contributed by atoms with Crippen molar-refractivity contribution in [2.45, 2.75) is 12.8 Å². The Morgan fingerprint density at radius 2 is 2.14 bits per heavy atom. The fourth-order valence-corrected chi connectivity index (χ4v) is 1.67. The maximum Gasteiger partial charge on any atom is 0.167 e. The Morgan fingerprint density at radius 3 is 2.86 bits per heavy atom. The van der Waals surface area contributed by atoms with Gasteiger partial charge in [0.1, 0.15) is 0 Å². The monoisotopic (exact) mass is 193 g/mol. The molecular formula is C11H15NO2. The number of hydrogen-bond acceptors (Lipinski definition) is 3. The molecule has 0 aromatic heterocycles. The van der Waals surface area contributed by atoms with E-state index in [1.165, 1.54) is 5.56 Å². The van der Waals surface area contributed by atoms with E-state index in [4.69, 9.17) is 4.74 Å². The van der Waals surface area contributed by atoms with Crippen LogP contribution in [0.5, 0.6) is 0 Å². The first-order chi connectivity index (χ1) is 6.84. The lowest BCUT2D eigenvalue weighted by Crippen LogP contribution is -2.41. The van der Waals surface area contributed by atoms with Crippen LogP contribution in [0.25, 0.3) is 0 Å². The summed E-state index contributed by atoms with van der Waals surface area (Å²) in [7, 11) is 0. The van der Waals surface area contributed by atoms with Gasteiger partial charge in [0.05, 0.1) is 6.61 Å². The molecule has 1 aliphatic heterocycles. The lowest BCUT2D eigenvalue weighted by atomic mass is 10.2. The molecule has 0 bridgehead atoms. The van der Waals surface area contributed by atoms with E-state index in [1.54, 1.807) is 0 Å². The van der Waals surface area contributed by atoms with Gasteiger partial charge in [-0.25, -0.2) is 0 Å². The lowest BCUT2D eigenvalue weighted by Gasteiger charge is -2.29. The van der Waals surface area contributed by atoms with E-state index in [2.05, 4.69) is 17.0 Å². The van der Waals surface area contributed by atoms with Crippen molar-refractivity contribution >= 4 is 0 Å². The number of ether oxygens (including phenoxy) is 1. The molecule has 0 saturated carbocycles. The predicted molar refractivity (Wildman–Crippen MR) is 53.7 cm³/mol. The van der Waals surface area contributed by atoms with Crippen LogP contribution >= 0.6 is 0 Å². The third-order valence-electron chi connectivity index (χ3n) is 2.38. The zero-order valence-corrected chi connectivity index (χ0v) is 8.10. The quantitative estimate of drug-likeness (QED) is 0.755. The molecule has 0 radical (unpaired) electrons. The first kappa shape index (κ1) is 9.65. The van der Waals surface area contributed by atoms with Crippen molar-refractivity contribution in [3.8, 4) is 0 Å². The molecule has 1 aliphatic rings. The average Bonchev–Trinajstić information content (AvgIpc) is 2.19. The third kappa shape index (κ3) is 2.54. The molecule has 1 unspecified atom stereocenters. The molecular weight excluding hydrogens is 178 g/mol. The van der Waals surface area contributed by atoms with Crippen LogP contribution in [0.1, 0.15) is 5.56 Å². The molecule has 1 saturated heterocycles. The molecule has 76 valence electrons. The summed E-state index contributed by atoms with van der Waals surface area (Å²) in [4.78, 5) is 2.20. The third-order valence-corrected chi connectivity index (χ3v) is 2.38. The molecule has 1 aromatic rings. The predicted octanol–water partition coefficient (Wildman–Crippen LogP) is 0.837. The summed E-state index contributed by atoms with van der Waals surface area (Å²) in [5.74, 6) is 0. The SMILES string of the molecule is OC1CN(Cc2ccccc2)CCO1. The highest BCUT2D eigenvalue weighted by molar-refractivity contribution is 5.14. The van der Waals surface area contributed by atoms with Gasteiger partial charge in [0.15, 0.2) is 6.29 Å². The number of aliphatic hydroxyl groups excluding tert-OH is 1. The van der Waals surface area contributed by atoms with Crippen molar-refractivity contribution in [2.75, 3.05) is 19.7 Å². The molecule has 3 nitrogen and oxygen atoms in total. The van der Waals surface area contributed by atoms with Crippen molar-refractivity contribution in [2.24, 2.45) is 0 Å². The lowest BCUT2D eigenvalue weighted by molar-refractivity contribution is -0.147. The van der Waals surface area contributed by atoms with E-state index >= 15 is 0 Å². The molecule has 1 aromatic carbocycles. The molecule has 1 heterocycles. The Balaban J connectivity index is 1.91. The summed E-state index contributed by atoms with van der Waals surface area (Å²) in [5.41, 5.74) is 1.28. The first-order valence-electron chi connectivity index (χ1n) is 4.90. The van der Waals surface area contributed by atoms with Gasteiger partial charge in [-0.05, 0) is 5.56 Å². The van der Waals surface area contributed by atoms with Crippen molar-refractivity contribution in [3.05, 3.63) is 35.9 Å². The molecule has 0 amide bonds. The molecule has 1 fully saturated rings. The van der Waals surface area contributed by atoms with Crippen molar-refractivity contribution < 1.29 is 9.84 Å². The molecule has 2 rings (SSSR count). The summed E-state index contributed by atoms with van der Waals surface area (Å²) in [6, 6.07) is 10.3. The second-order valence-corrected chi connectivity index (χ2v) is 3.55. The highest BCUT2D eigenvalue weighted by Gasteiger charge is 2.17. The van der Waals surface area contributed by atoms with E-state index in [1.807, 2.05) is 18.2 Å². The van der Waals surface area contributed by atoms with E-state index < -0.39 is 6.29 Å². The van der Waals surface area contributed by atoms with Gasteiger partial charge < -0.3 is 9.84 Å². The zero-order chi connectivity index (χ0) is 9.80. The van der Waals surface area contributed by atoms with E-state index in [0.717, 1.165) is 13.1 Å². The van der Waals surface area contributed by atoms with E-state index in [-0.39, 0.29) is 0 Å². The topological polar surface area (TPSA) is 32.7 Å². The van der Waals surface area contributed by atoms with Gasteiger partial charge in [-0.3, -0.25) is 4.90 Å². The van der Waals surface area contributed by atoms with Crippen LogP contribution in [-0.4, -0.2) is 36.0 Å². The van der Waals surface area contributed by atoms with Crippen LogP contribution in [0.2, 0.25) is 0 Å². The van der Waals surface area contributed by atoms with Crippen LogP contribution in [-0.2, 0) is 11.3 Å². The van der Waals surface area contributed by atoms with Gasteiger partial charge >= 0.3 is 0 Å². The van der Waals surface area contributed by atoms with Gasteiger partial charge in [0, 0.05) is 19.6 Å². The number of benzene rings is 1. The smallest absolute Gasteiger partial charge is 0.167 e. The molecule has 0 aliphatic carbocycles.